The summed E-state index contributed by atoms with van der Waals surface area (Å²) in [4.78, 5) is 0. The SMILES string of the molecule is COc1cc(C(C)O)c[n+](Cc2ccccc2)c1.Cl. The molecular formula is C15H19ClNO2+. The minimum absolute atomic E-state index is 0. The van der Waals surface area contributed by atoms with Crippen molar-refractivity contribution in [3.8, 4) is 5.75 Å². The molecule has 0 radical (unpaired) electrons. The van der Waals surface area contributed by atoms with Gasteiger partial charge in [-0.15, -0.1) is 12.4 Å². The number of aliphatic hydroxyl groups excluding tert-OH is 1. The minimum Gasteiger partial charge on any atom is -0.491 e. The van der Waals surface area contributed by atoms with Crippen molar-refractivity contribution in [2.24, 2.45) is 0 Å². The van der Waals surface area contributed by atoms with E-state index in [2.05, 4.69) is 12.1 Å². The van der Waals surface area contributed by atoms with Crippen LogP contribution in [0.5, 0.6) is 5.75 Å². The van der Waals surface area contributed by atoms with Crippen molar-refractivity contribution in [2.45, 2.75) is 19.6 Å². The van der Waals surface area contributed by atoms with E-state index in [1.54, 1.807) is 14.0 Å². The number of benzene rings is 1. The Balaban J connectivity index is 0.00000180. The number of pyridine rings is 1. The maximum Gasteiger partial charge on any atom is 0.211 e. The van der Waals surface area contributed by atoms with Crippen LogP contribution in [0, 0.1) is 0 Å². The number of nitrogens with zero attached hydrogens (tertiary/aromatic N) is 1. The molecule has 0 aliphatic carbocycles. The molecule has 2 rings (SSSR count). The Hall–Kier alpha value is -1.58. The molecule has 1 aromatic heterocycles. The fourth-order valence-electron chi connectivity index (χ4n) is 1.86. The molecule has 1 N–H and O–H groups in total. The van der Waals surface area contributed by atoms with Gasteiger partial charge in [0.1, 0.15) is 0 Å². The molecule has 0 fully saturated rings. The Morgan fingerprint density at radius 3 is 2.47 bits per heavy atom. The second kappa shape index (κ2) is 7.12. The van der Waals surface area contributed by atoms with Crippen LogP contribution in [0.1, 0.15) is 24.2 Å². The molecule has 0 aliphatic heterocycles. The number of rotatable bonds is 4. The van der Waals surface area contributed by atoms with Gasteiger partial charge in [-0.05, 0) is 13.0 Å². The zero-order valence-corrected chi connectivity index (χ0v) is 11.9. The highest BCUT2D eigenvalue weighted by Gasteiger charge is 2.12. The van der Waals surface area contributed by atoms with Crippen molar-refractivity contribution in [1.82, 2.24) is 0 Å². The van der Waals surface area contributed by atoms with Gasteiger partial charge in [0.05, 0.1) is 13.2 Å². The first-order chi connectivity index (χ1) is 8.69. The maximum atomic E-state index is 9.67. The summed E-state index contributed by atoms with van der Waals surface area (Å²) < 4.78 is 7.28. The Bertz CT molecular complexity index is 515. The summed E-state index contributed by atoms with van der Waals surface area (Å²) in [6.07, 6.45) is 3.38. The molecule has 4 heteroatoms. The molecule has 0 spiro atoms. The van der Waals surface area contributed by atoms with E-state index in [-0.39, 0.29) is 12.4 Å². The predicted molar refractivity (Wildman–Crippen MR) is 76.6 cm³/mol. The zero-order valence-electron chi connectivity index (χ0n) is 11.1. The second-order valence-corrected chi connectivity index (χ2v) is 4.34. The van der Waals surface area contributed by atoms with Crippen molar-refractivity contribution in [1.29, 1.82) is 0 Å². The van der Waals surface area contributed by atoms with Crippen LogP contribution in [-0.2, 0) is 6.54 Å². The van der Waals surface area contributed by atoms with Gasteiger partial charge in [-0.2, -0.15) is 4.57 Å². The lowest BCUT2D eigenvalue weighted by Crippen LogP contribution is -2.34. The lowest BCUT2D eigenvalue weighted by Gasteiger charge is -2.06. The third-order valence-corrected chi connectivity index (χ3v) is 2.84. The number of hydrogen-bond donors (Lipinski definition) is 1. The highest BCUT2D eigenvalue weighted by atomic mass is 35.5. The van der Waals surface area contributed by atoms with Gasteiger partial charge in [0.25, 0.3) is 0 Å². The second-order valence-electron chi connectivity index (χ2n) is 4.34. The highest BCUT2D eigenvalue weighted by Crippen LogP contribution is 2.16. The first-order valence-electron chi connectivity index (χ1n) is 5.99. The van der Waals surface area contributed by atoms with Crippen molar-refractivity contribution >= 4 is 12.4 Å². The van der Waals surface area contributed by atoms with Crippen LogP contribution in [0.25, 0.3) is 0 Å². The summed E-state index contributed by atoms with van der Waals surface area (Å²) in [5.41, 5.74) is 2.07. The first-order valence-corrected chi connectivity index (χ1v) is 5.99. The normalized spacial score (nSPS) is 11.5. The number of aliphatic hydroxyl groups is 1. The lowest BCUT2D eigenvalue weighted by atomic mass is 10.1. The van der Waals surface area contributed by atoms with Gasteiger partial charge < -0.3 is 9.84 Å². The largest absolute Gasteiger partial charge is 0.491 e. The van der Waals surface area contributed by atoms with Crippen LogP contribution in [0.15, 0.2) is 48.8 Å². The van der Waals surface area contributed by atoms with E-state index in [0.29, 0.717) is 0 Å². The predicted octanol–water partition coefficient (Wildman–Crippen LogP) is 2.51. The highest BCUT2D eigenvalue weighted by molar-refractivity contribution is 5.85. The Labute approximate surface area is 119 Å². The Morgan fingerprint density at radius 2 is 1.89 bits per heavy atom. The van der Waals surface area contributed by atoms with Crippen LogP contribution >= 0.6 is 12.4 Å². The van der Waals surface area contributed by atoms with Crippen molar-refractivity contribution in [3.05, 3.63) is 59.9 Å². The van der Waals surface area contributed by atoms with Crippen LogP contribution in [0.4, 0.5) is 0 Å². The van der Waals surface area contributed by atoms with Crippen LogP contribution in [0.3, 0.4) is 0 Å². The molecule has 102 valence electrons. The van der Waals surface area contributed by atoms with Gasteiger partial charge in [-0.3, -0.25) is 0 Å². The number of aromatic nitrogens is 1. The minimum atomic E-state index is -0.498. The average molecular weight is 281 g/mol. The first kappa shape index (κ1) is 15.5. The van der Waals surface area contributed by atoms with E-state index in [9.17, 15) is 5.11 Å². The summed E-state index contributed by atoms with van der Waals surface area (Å²) in [5.74, 6) is 0.754. The molecule has 1 aromatic carbocycles. The topological polar surface area (TPSA) is 33.3 Å². The monoisotopic (exact) mass is 280 g/mol. The van der Waals surface area contributed by atoms with Gasteiger partial charge in [-0.1, -0.05) is 30.3 Å². The molecule has 0 saturated heterocycles. The molecular weight excluding hydrogens is 262 g/mol. The van der Waals surface area contributed by atoms with E-state index in [1.165, 1.54) is 5.56 Å². The van der Waals surface area contributed by atoms with Crippen LogP contribution in [-0.4, -0.2) is 12.2 Å². The zero-order chi connectivity index (χ0) is 13.0. The number of ether oxygens (including phenoxy) is 1. The van der Waals surface area contributed by atoms with Gasteiger partial charge in [0.15, 0.2) is 18.5 Å². The van der Waals surface area contributed by atoms with Crippen LogP contribution < -0.4 is 9.30 Å². The van der Waals surface area contributed by atoms with E-state index in [4.69, 9.17) is 4.74 Å². The molecule has 0 amide bonds. The number of methoxy groups -OCH3 is 1. The molecule has 3 nitrogen and oxygen atoms in total. The molecule has 1 atom stereocenters. The Kier molecular flexibility index (Phi) is 5.80. The van der Waals surface area contributed by atoms with Gasteiger partial charge in [0.2, 0.25) is 6.20 Å². The van der Waals surface area contributed by atoms with Crippen molar-refractivity contribution in [2.75, 3.05) is 7.11 Å². The van der Waals surface area contributed by atoms with Gasteiger partial charge in [0, 0.05) is 11.1 Å². The standard InChI is InChI=1S/C15H18NO2.ClH/c1-12(17)14-8-15(18-2)11-16(10-14)9-13-6-4-3-5-7-13;/h3-8,10-12,17H,9H2,1-2H3;1H/q+1;. The molecule has 1 heterocycles. The fourth-order valence-corrected chi connectivity index (χ4v) is 1.86. The maximum absolute atomic E-state index is 9.67. The third kappa shape index (κ3) is 4.23. The summed E-state index contributed by atoms with van der Waals surface area (Å²) in [6, 6.07) is 12.0. The quantitative estimate of drug-likeness (QED) is 0.873. The fraction of sp³-hybridized carbons (Fsp3) is 0.267. The van der Waals surface area contributed by atoms with Gasteiger partial charge >= 0.3 is 0 Å². The van der Waals surface area contributed by atoms with Gasteiger partial charge in [-0.25, -0.2) is 0 Å². The Morgan fingerprint density at radius 1 is 1.21 bits per heavy atom. The average Bonchev–Trinajstić information content (AvgIpc) is 2.39. The molecule has 0 saturated carbocycles. The third-order valence-electron chi connectivity index (χ3n) is 2.84. The van der Waals surface area contributed by atoms with Crippen molar-refractivity contribution < 1.29 is 14.4 Å². The lowest BCUT2D eigenvalue weighted by molar-refractivity contribution is -0.689. The van der Waals surface area contributed by atoms with Crippen molar-refractivity contribution in [3.63, 3.8) is 0 Å². The van der Waals surface area contributed by atoms with E-state index < -0.39 is 6.10 Å². The number of halogens is 1. The van der Waals surface area contributed by atoms with E-state index >= 15 is 0 Å². The van der Waals surface area contributed by atoms with E-state index in [1.807, 2.05) is 41.2 Å². The molecule has 0 aliphatic rings. The van der Waals surface area contributed by atoms with E-state index in [0.717, 1.165) is 17.9 Å². The summed E-state index contributed by atoms with van der Waals surface area (Å²) >= 11 is 0. The summed E-state index contributed by atoms with van der Waals surface area (Å²) in [5, 5.41) is 9.67. The molecule has 0 bridgehead atoms. The van der Waals surface area contributed by atoms with Crippen LogP contribution in [0.2, 0.25) is 0 Å². The molecule has 19 heavy (non-hydrogen) atoms. The smallest absolute Gasteiger partial charge is 0.211 e. The number of hydrogen-bond acceptors (Lipinski definition) is 2. The summed E-state index contributed by atoms with van der Waals surface area (Å²) in [7, 11) is 1.63. The summed E-state index contributed by atoms with van der Waals surface area (Å²) in [6.45, 7) is 2.51. The molecule has 1 unspecified atom stereocenters. The molecule has 2 aromatic rings.